The first-order valence-corrected chi connectivity index (χ1v) is 6.12. The molecule has 0 saturated carbocycles. The summed E-state index contributed by atoms with van der Waals surface area (Å²) in [5.74, 6) is -3.15. The van der Waals surface area contributed by atoms with Crippen molar-refractivity contribution in [2.75, 3.05) is 0 Å². The lowest BCUT2D eigenvalue weighted by atomic mass is 10.1. The summed E-state index contributed by atoms with van der Waals surface area (Å²) < 4.78 is 39.3. The molecule has 2 aromatic rings. The van der Waals surface area contributed by atoms with E-state index in [-0.39, 0.29) is 22.6 Å². The second-order valence-corrected chi connectivity index (χ2v) is 4.62. The normalized spacial score (nSPS) is 11.5. The number of Topliss-reactive ketones (excluding diaryl/α,β-unsaturated/α-hetero) is 1. The Balaban J connectivity index is 2.58. The smallest absolute Gasteiger partial charge is 0.416 e. The quantitative estimate of drug-likeness (QED) is 0.635. The van der Waals surface area contributed by atoms with Gasteiger partial charge in [-0.05, 0) is 32.0 Å². The summed E-state index contributed by atoms with van der Waals surface area (Å²) >= 11 is 0. The van der Waals surface area contributed by atoms with E-state index in [1.54, 1.807) is 0 Å². The Morgan fingerprint density at radius 3 is 2.41 bits per heavy atom. The number of aliphatic carboxylic acids is 1. The summed E-state index contributed by atoms with van der Waals surface area (Å²) in [5.41, 5.74) is -0.745. The third kappa shape index (κ3) is 2.72. The number of benzene rings is 1. The predicted octanol–water partition coefficient (Wildman–Crippen LogP) is 1.44. The molecule has 8 heteroatoms. The third-order valence-corrected chi connectivity index (χ3v) is 3.12. The van der Waals surface area contributed by atoms with E-state index in [9.17, 15) is 27.9 Å². The molecule has 0 atom stereocenters. The number of hydrogen-bond acceptors (Lipinski definition) is 4. The van der Waals surface area contributed by atoms with Gasteiger partial charge in [0.05, 0.1) is 28.2 Å². The highest BCUT2D eigenvalue weighted by molar-refractivity contribution is 6.39. The molecule has 0 aliphatic carbocycles. The molecule has 0 unspecified atom stereocenters. The lowest BCUT2D eigenvalue weighted by Crippen LogP contribution is -2.32. The maximum atomic E-state index is 12.7. The van der Waals surface area contributed by atoms with E-state index in [0.29, 0.717) is 0 Å². The number of rotatable bonds is 3. The van der Waals surface area contributed by atoms with Crippen LogP contribution in [0.25, 0.3) is 5.69 Å². The van der Waals surface area contributed by atoms with E-state index >= 15 is 0 Å². The number of aromatic nitrogens is 2. The molecule has 0 fully saturated rings. The van der Waals surface area contributed by atoms with Gasteiger partial charge in [-0.2, -0.15) is 18.3 Å². The number of carbonyl (C=O) groups is 2. The first-order valence-electron chi connectivity index (χ1n) is 6.12. The number of carboxylic acid groups (broad SMARTS) is 1. The van der Waals surface area contributed by atoms with Crippen LogP contribution in [0.1, 0.15) is 27.3 Å². The summed E-state index contributed by atoms with van der Waals surface area (Å²) in [6.45, 7) is 2.80. The van der Waals surface area contributed by atoms with Gasteiger partial charge in [-0.1, -0.05) is 6.07 Å². The number of alkyl halides is 3. The summed E-state index contributed by atoms with van der Waals surface area (Å²) in [6.07, 6.45) is -4.52. The van der Waals surface area contributed by atoms with Gasteiger partial charge in [0.25, 0.3) is 0 Å². The van der Waals surface area contributed by atoms with Crippen LogP contribution in [-0.2, 0) is 11.0 Å². The van der Waals surface area contributed by atoms with Crippen LogP contribution < -0.4 is 5.11 Å². The van der Waals surface area contributed by atoms with Crippen LogP contribution in [0.4, 0.5) is 13.2 Å². The molecule has 0 aliphatic heterocycles. The summed E-state index contributed by atoms with van der Waals surface area (Å²) in [6, 6.07) is 4.35. The molecule has 1 heterocycles. The largest absolute Gasteiger partial charge is 0.541 e. The lowest BCUT2D eigenvalue weighted by molar-refractivity contribution is -0.296. The molecule has 116 valence electrons. The number of nitrogens with zero attached hydrogens (tertiary/aromatic N) is 2. The summed E-state index contributed by atoms with van der Waals surface area (Å²) in [4.78, 5) is 22.3. The lowest BCUT2D eigenvalue weighted by Gasteiger charge is -2.10. The van der Waals surface area contributed by atoms with Crippen LogP contribution in [0.2, 0.25) is 0 Å². The van der Waals surface area contributed by atoms with Gasteiger partial charge in [0.2, 0.25) is 5.78 Å². The van der Waals surface area contributed by atoms with Gasteiger partial charge in [-0.3, -0.25) is 4.79 Å². The van der Waals surface area contributed by atoms with Gasteiger partial charge >= 0.3 is 6.18 Å². The third-order valence-electron chi connectivity index (χ3n) is 3.12. The van der Waals surface area contributed by atoms with E-state index in [1.807, 2.05) is 0 Å². The Kier molecular flexibility index (Phi) is 3.78. The molecule has 1 aromatic heterocycles. The first-order chi connectivity index (χ1) is 10.1. The fourth-order valence-corrected chi connectivity index (χ4v) is 2.14. The van der Waals surface area contributed by atoms with Crippen molar-refractivity contribution in [2.45, 2.75) is 20.0 Å². The molecule has 0 radical (unpaired) electrons. The highest BCUT2D eigenvalue weighted by atomic mass is 19.4. The number of ketones is 1. The van der Waals surface area contributed by atoms with Crippen molar-refractivity contribution >= 4 is 11.8 Å². The second-order valence-electron chi connectivity index (χ2n) is 4.62. The minimum absolute atomic E-state index is 0.0767. The number of aryl methyl sites for hydroxylation is 1. The minimum atomic E-state index is -4.52. The van der Waals surface area contributed by atoms with Crippen LogP contribution in [0.3, 0.4) is 0 Å². The van der Waals surface area contributed by atoms with Gasteiger partial charge in [-0.25, -0.2) is 4.68 Å². The van der Waals surface area contributed by atoms with Gasteiger partial charge in [-0.15, -0.1) is 0 Å². The van der Waals surface area contributed by atoms with Crippen LogP contribution in [0.15, 0.2) is 24.3 Å². The van der Waals surface area contributed by atoms with Crippen molar-refractivity contribution in [1.29, 1.82) is 0 Å². The van der Waals surface area contributed by atoms with E-state index < -0.39 is 23.5 Å². The molecule has 1 aromatic carbocycles. The highest BCUT2D eigenvalue weighted by Gasteiger charge is 2.31. The van der Waals surface area contributed by atoms with E-state index in [0.717, 1.165) is 16.8 Å². The Morgan fingerprint density at radius 1 is 1.23 bits per heavy atom. The zero-order chi connectivity index (χ0) is 16.7. The topological polar surface area (TPSA) is 75.0 Å². The molecule has 0 spiro atoms. The molecule has 2 rings (SSSR count). The van der Waals surface area contributed by atoms with Gasteiger partial charge in [0.15, 0.2) is 0 Å². The van der Waals surface area contributed by atoms with Crippen molar-refractivity contribution in [1.82, 2.24) is 9.78 Å². The Morgan fingerprint density at radius 2 is 1.86 bits per heavy atom. The Labute approximate surface area is 123 Å². The van der Waals surface area contributed by atoms with Gasteiger partial charge in [0.1, 0.15) is 5.97 Å². The van der Waals surface area contributed by atoms with Gasteiger partial charge < -0.3 is 9.90 Å². The van der Waals surface area contributed by atoms with Crippen molar-refractivity contribution in [3.8, 4) is 5.69 Å². The molecule has 5 nitrogen and oxygen atoms in total. The van der Waals surface area contributed by atoms with Crippen molar-refractivity contribution in [3.63, 3.8) is 0 Å². The second kappa shape index (κ2) is 5.28. The van der Waals surface area contributed by atoms with Crippen molar-refractivity contribution in [2.24, 2.45) is 0 Å². The van der Waals surface area contributed by atoms with E-state index in [1.165, 1.54) is 26.0 Å². The molecule has 0 amide bonds. The highest BCUT2D eigenvalue weighted by Crippen LogP contribution is 2.30. The van der Waals surface area contributed by atoms with Crippen molar-refractivity contribution in [3.05, 3.63) is 46.8 Å². The fraction of sp³-hybridized carbons (Fsp3) is 0.214. The number of hydrogen-bond donors (Lipinski definition) is 0. The number of carbonyl (C=O) groups excluding carboxylic acids is 2. The SMILES string of the molecule is Cc1nn(-c2cccc(C(F)(F)F)c2)c(C)c1C(=O)C(=O)[O-]. The molecule has 0 saturated heterocycles. The first kappa shape index (κ1) is 15.7. The maximum absolute atomic E-state index is 12.7. The number of halogens is 3. The molecular weight excluding hydrogens is 301 g/mol. The zero-order valence-electron chi connectivity index (χ0n) is 11.6. The average molecular weight is 311 g/mol. The Bertz CT molecular complexity index is 763. The monoisotopic (exact) mass is 311 g/mol. The van der Waals surface area contributed by atoms with Crippen LogP contribution in [0, 0.1) is 13.8 Å². The minimum Gasteiger partial charge on any atom is -0.541 e. The van der Waals surface area contributed by atoms with Crippen LogP contribution in [0.5, 0.6) is 0 Å². The van der Waals surface area contributed by atoms with E-state index in [4.69, 9.17) is 0 Å². The Hall–Kier alpha value is -2.64. The van der Waals surface area contributed by atoms with Gasteiger partial charge in [0, 0.05) is 0 Å². The summed E-state index contributed by atoms with van der Waals surface area (Å²) in [5, 5.41) is 14.6. The van der Waals surface area contributed by atoms with Crippen molar-refractivity contribution < 1.29 is 27.9 Å². The molecule has 22 heavy (non-hydrogen) atoms. The van der Waals surface area contributed by atoms with Crippen LogP contribution >= 0.6 is 0 Å². The standard InChI is InChI=1S/C14H11F3N2O3/c1-7-11(12(20)13(21)22)8(2)19(18-7)10-5-3-4-9(6-10)14(15,16)17/h3-6H,1-2H3,(H,21,22)/p-1. The fourth-order valence-electron chi connectivity index (χ4n) is 2.14. The molecule has 0 N–H and O–H groups in total. The summed E-state index contributed by atoms with van der Waals surface area (Å²) in [7, 11) is 0. The van der Waals surface area contributed by atoms with E-state index in [2.05, 4.69) is 5.10 Å². The molecule has 0 bridgehead atoms. The number of carboxylic acids is 1. The molecule has 0 aliphatic rings. The average Bonchev–Trinajstić information content (AvgIpc) is 2.72. The van der Waals surface area contributed by atoms with Crippen LogP contribution in [-0.4, -0.2) is 21.5 Å². The predicted molar refractivity (Wildman–Crippen MR) is 67.4 cm³/mol. The zero-order valence-corrected chi connectivity index (χ0v) is 11.6. The maximum Gasteiger partial charge on any atom is 0.416 e. The molecular formula is C14H10F3N2O3-.